The summed E-state index contributed by atoms with van der Waals surface area (Å²) < 4.78 is 0.879. The van der Waals surface area contributed by atoms with Crippen molar-refractivity contribution in [3.63, 3.8) is 0 Å². The maximum atomic E-state index is 10.8. The SMILES string of the molecule is CC(=O)SCCC(O)C(O)c1cccc2sc(N)nc12. The molecular formula is C13H16N2O3S2. The highest BCUT2D eigenvalue weighted by Crippen LogP contribution is 2.31. The van der Waals surface area contributed by atoms with Gasteiger partial charge in [0.1, 0.15) is 6.10 Å². The van der Waals surface area contributed by atoms with Crippen molar-refractivity contribution in [1.82, 2.24) is 4.98 Å². The van der Waals surface area contributed by atoms with Gasteiger partial charge in [0, 0.05) is 18.2 Å². The lowest BCUT2D eigenvalue weighted by atomic mass is 10.0. The number of nitrogens with two attached hydrogens (primary N) is 1. The minimum absolute atomic E-state index is 0.000987. The molecule has 0 fully saturated rings. The first-order valence-corrected chi connectivity index (χ1v) is 7.93. The summed E-state index contributed by atoms with van der Waals surface area (Å²) in [5.41, 5.74) is 6.86. The molecule has 2 unspecified atom stereocenters. The number of aliphatic hydroxyl groups excluding tert-OH is 2. The molecule has 0 bridgehead atoms. The van der Waals surface area contributed by atoms with Crippen molar-refractivity contribution in [2.24, 2.45) is 0 Å². The highest BCUT2D eigenvalue weighted by Gasteiger charge is 2.21. The Morgan fingerprint density at radius 3 is 2.95 bits per heavy atom. The van der Waals surface area contributed by atoms with Crippen LogP contribution in [0.5, 0.6) is 0 Å². The van der Waals surface area contributed by atoms with E-state index in [1.165, 1.54) is 18.3 Å². The van der Waals surface area contributed by atoms with Gasteiger partial charge in [-0.15, -0.1) is 0 Å². The molecule has 108 valence electrons. The highest BCUT2D eigenvalue weighted by atomic mass is 32.2. The Morgan fingerprint density at radius 2 is 2.25 bits per heavy atom. The normalized spacial score (nSPS) is 14.3. The van der Waals surface area contributed by atoms with Gasteiger partial charge in [-0.25, -0.2) is 4.98 Å². The van der Waals surface area contributed by atoms with Gasteiger partial charge in [-0.05, 0) is 12.5 Å². The van der Waals surface area contributed by atoms with Crippen molar-refractivity contribution >= 4 is 43.6 Å². The van der Waals surface area contributed by atoms with Gasteiger partial charge in [0.2, 0.25) is 0 Å². The molecule has 0 aliphatic carbocycles. The Balaban J connectivity index is 2.13. The number of nitrogen functional groups attached to an aromatic ring is 1. The zero-order valence-corrected chi connectivity index (χ0v) is 12.6. The maximum Gasteiger partial charge on any atom is 0.185 e. The molecule has 0 aliphatic rings. The molecule has 0 amide bonds. The summed E-state index contributed by atoms with van der Waals surface area (Å²) >= 11 is 2.48. The van der Waals surface area contributed by atoms with Crippen LogP contribution in [0.15, 0.2) is 18.2 Å². The van der Waals surface area contributed by atoms with Gasteiger partial charge in [0.15, 0.2) is 10.2 Å². The third-order valence-corrected chi connectivity index (χ3v) is 4.56. The van der Waals surface area contributed by atoms with Gasteiger partial charge in [-0.2, -0.15) is 0 Å². The van der Waals surface area contributed by atoms with Crippen LogP contribution in [0.3, 0.4) is 0 Å². The summed E-state index contributed by atoms with van der Waals surface area (Å²) in [6, 6.07) is 5.40. The molecule has 0 radical (unpaired) electrons. The molecule has 20 heavy (non-hydrogen) atoms. The third-order valence-electron chi connectivity index (χ3n) is 2.87. The number of benzene rings is 1. The Hall–Kier alpha value is -1.15. The van der Waals surface area contributed by atoms with Crippen LogP contribution in [0.1, 0.15) is 25.0 Å². The van der Waals surface area contributed by atoms with Gasteiger partial charge in [0.25, 0.3) is 0 Å². The van der Waals surface area contributed by atoms with Gasteiger partial charge in [-0.3, -0.25) is 4.79 Å². The zero-order valence-electron chi connectivity index (χ0n) is 10.9. The molecule has 0 aliphatic heterocycles. The fourth-order valence-electron chi connectivity index (χ4n) is 1.91. The lowest BCUT2D eigenvalue weighted by molar-refractivity contribution is -0.109. The van der Waals surface area contributed by atoms with Crippen LogP contribution in [0.25, 0.3) is 10.2 Å². The van der Waals surface area contributed by atoms with Crippen LogP contribution in [0, 0.1) is 0 Å². The number of fused-ring (bicyclic) bond motifs is 1. The molecule has 1 aromatic heterocycles. The number of thioether (sulfide) groups is 1. The number of aromatic nitrogens is 1. The molecule has 0 spiro atoms. The van der Waals surface area contributed by atoms with Crippen molar-refractivity contribution in [1.29, 1.82) is 0 Å². The van der Waals surface area contributed by atoms with E-state index in [9.17, 15) is 15.0 Å². The predicted octanol–water partition coefficient (Wildman–Crippen LogP) is 1.94. The number of nitrogens with zero attached hydrogens (tertiary/aromatic N) is 1. The van der Waals surface area contributed by atoms with Gasteiger partial charge in [0.05, 0.1) is 16.3 Å². The van der Waals surface area contributed by atoms with E-state index in [4.69, 9.17) is 5.73 Å². The number of rotatable bonds is 5. The number of hydrogen-bond donors (Lipinski definition) is 3. The summed E-state index contributed by atoms with van der Waals surface area (Å²) in [6.07, 6.45) is -1.63. The van der Waals surface area contributed by atoms with Crippen LogP contribution in [0.2, 0.25) is 0 Å². The number of hydrogen-bond acceptors (Lipinski definition) is 7. The lowest BCUT2D eigenvalue weighted by Crippen LogP contribution is -2.19. The summed E-state index contributed by atoms with van der Waals surface area (Å²) in [5.74, 6) is 0.475. The fraction of sp³-hybridized carbons (Fsp3) is 0.385. The zero-order chi connectivity index (χ0) is 14.7. The molecule has 1 aromatic carbocycles. The van der Waals surface area contributed by atoms with E-state index >= 15 is 0 Å². The molecule has 7 heteroatoms. The minimum atomic E-state index is -1.03. The number of thiazole rings is 1. The van der Waals surface area contributed by atoms with E-state index < -0.39 is 12.2 Å². The van der Waals surface area contributed by atoms with Crippen LogP contribution in [-0.4, -0.2) is 32.2 Å². The van der Waals surface area contributed by atoms with Crippen LogP contribution in [0.4, 0.5) is 5.13 Å². The highest BCUT2D eigenvalue weighted by molar-refractivity contribution is 8.13. The molecule has 0 saturated heterocycles. The second-order valence-corrected chi connectivity index (χ2v) is 6.72. The Kier molecular flexibility index (Phi) is 4.98. The van der Waals surface area contributed by atoms with Crippen LogP contribution >= 0.6 is 23.1 Å². The maximum absolute atomic E-state index is 10.8. The molecule has 0 saturated carbocycles. The number of anilines is 1. The summed E-state index contributed by atoms with van der Waals surface area (Å²) in [4.78, 5) is 15.0. The van der Waals surface area contributed by atoms with Gasteiger partial charge in [-0.1, -0.05) is 35.2 Å². The Labute approximate surface area is 124 Å². The summed E-state index contributed by atoms with van der Waals surface area (Å²) in [5, 5.41) is 20.7. The topological polar surface area (TPSA) is 96.4 Å². The quantitative estimate of drug-likeness (QED) is 0.781. The smallest absolute Gasteiger partial charge is 0.185 e. The Morgan fingerprint density at radius 1 is 1.50 bits per heavy atom. The van der Waals surface area contributed by atoms with Crippen molar-refractivity contribution in [3.05, 3.63) is 23.8 Å². The first-order valence-electron chi connectivity index (χ1n) is 6.13. The molecule has 1 heterocycles. The van der Waals surface area contributed by atoms with E-state index in [0.717, 1.165) is 16.5 Å². The lowest BCUT2D eigenvalue weighted by Gasteiger charge is -2.18. The van der Waals surface area contributed by atoms with Crippen LogP contribution < -0.4 is 5.73 Å². The molecule has 2 atom stereocenters. The number of carbonyl (C=O) groups excluding carboxylic acids is 1. The van der Waals surface area contributed by atoms with Crippen LogP contribution in [-0.2, 0) is 4.79 Å². The molecule has 2 rings (SSSR count). The third kappa shape index (κ3) is 3.49. The molecule has 4 N–H and O–H groups in total. The monoisotopic (exact) mass is 312 g/mol. The average molecular weight is 312 g/mol. The van der Waals surface area contributed by atoms with Gasteiger partial charge < -0.3 is 15.9 Å². The fourth-order valence-corrected chi connectivity index (χ4v) is 3.33. The first kappa shape index (κ1) is 15.2. The van der Waals surface area contributed by atoms with Crippen molar-refractivity contribution < 1.29 is 15.0 Å². The summed E-state index contributed by atoms with van der Waals surface area (Å²) in [6.45, 7) is 1.48. The number of carbonyl (C=O) groups is 1. The largest absolute Gasteiger partial charge is 0.390 e. The second-order valence-electron chi connectivity index (χ2n) is 4.39. The molecule has 5 nitrogen and oxygen atoms in total. The molecular weight excluding hydrogens is 296 g/mol. The van der Waals surface area contributed by atoms with E-state index in [2.05, 4.69) is 4.98 Å². The Bertz CT molecular complexity index is 615. The number of aliphatic hydroxyl groups is 2. The number of para-hydroxylation sites is 1. The van der Waals surface area contributed by atoms with Gasteiger partial charge >= 0.3 is 0 Å². The van der Waals surface area contributed by atoms with Crippen molar-refractivity contribution in [3.8, 4) is 0 Å². The van der Waals surface area contributed by atoms with E-state index in [1.807, 2.05) is 6.07 Å². The van der Waals surface area contributed by atoms with Crippen molar-refractivity contribution in [2.75, 3.05) is 11.5 Å². The minimum Gasteiger partial charge on any atom is -0.390 e. The van der Waals surface area contributed by atoms with E-state index in [-0.39, 0.29) is 5.12 Å². The first-order chi connectivity index (χ1) is 9.49. The molecule has 2 aromatic rings. The summed E-state index contributed by atoms with van der Waals surface area (Å²) in [7, 11) is 0. The predicted molar refractivity (Wildman–Crippen MR) is 82.8 cm³/mol. The second kappa shape index (κ2) is 6.53. The van der Waals surface area contributed by atoms with E-state index in [1.54, 1.807) is 12.1 Å². The van der Waals surface area contributed by atoms with Crippen molar-refractivity contribution in [2.45, 2.75) is 25.6 Å². The average Bonchev–Trinajstić information content (AvgIpc) is 2.77. The van der Waals surface area contributed by atoms with E-state index in [0.29, 0.717) is 28.4 Å². The standard InChI is InChI=1S/C13H16N2O3S2/c1-7(16)19-6-5-9(17)12(18)8-3-2-4-10-11(8)15-13(14)20-10/h2-4,9,12,17-18H,5-6H2,1H3,(H2,14,15).